The molecule has 7 atom stereocenters. The highest BCUT2D eigenvalue weighted by atomic mass is 16.4. The monoisotopic (exact) mass is 482 g/mol. The number of fused-ring (bicyclic) bond motifs is 4. The molecule has 0 spiro atoms. The lowest BCUT2D eigenvalue weighted by atomic mass is 9.42. The summed E-state index contributed by atoms with van der Waals surface area (Å²) >= 11 is 0. The van der Waals surface area contributed by atoms with E-state index in [0.717, 1.165) is 56.1 Å². The molecule has 35 heavy (non-hydrogen) atoms. The van der Waals surface area contributed by atoms with Gasteiger partial charge in [-0.25, -0.2) is 4.79 Å². The van der Waals surface area contributed by atoms with Crippen molar-refractivity contribution in [3.05, 3.63) is 34.9 Å². The van der Waals surface area contributed by atoms with Gasteiger partial charge >= 0.3 is 5.97 Å². The molecule has 0 saturated heterocycles. The van der Waals surface area contributed by atoms with E-state index in [1.54, 1.807) is 6.92 Å². The van der Waals surface area contributed by atoms with Crippen molar-refractivity contribution in [2.75, 3.05) is 0 Å². The van der Waals surface area contributed by atoms with Crippen LogP contribution in [0.5, 0.6) is 0 Å². The molecule has 4 heteroatoms. The second-order valence-corrected chi connectivity index (χ2v) is 13.6. The molecular formula is C31H46O4. The zero-order valence-electron chi connectivity index (χ0n) is 23.0. The van der Waals surface area contributed by atoms with Crippen LogP contribution >= 0.6 is 0 Å². The van der Waals surface area contributed by atoms with Gasteiger partial charge in [0.15, 0.2) is 5.78 Å². The van der Waals surface area contributed by atoms with Crippen LogP contribution in [-0.4, -0.2) is 28.1 Å². The molecule has 0 heterocycles. The molecule has 4 rings (SSSR count). The number of Topliss-reactive ketones (excluding diaryl/α,β-unsaturated/α-hetero) is 1. The number of allylic oxidation sites excluding steroid dienone is 4. The lowest BCUT2D eigenvalue weighted by molar-refractivity contribution is -0.133. The van der Waals surface area contributed by atoms with Gasteiger partial charge in [0.05, 0.1) is 6.10 Å². The Morgan fingerprint density at radius 2 is 1.80 bits per heavy atom. The molecule has 4 aliphatic rings. The van der Waals surface area contributed by atoms with Crippen molar-refractivity contribution in [3.63, 3.8) is 0 Å². The highest BCUT2D eigenvalue weighted by Gasteiger charge is 2.66. The number of hydrogen-bond donors (Lipinski definition) is 2. The number of aliphatic carboxylic acids is 1. The predicted octanol–water partition coefficient (Wildman–Crippen LogP) is 6.89. The molecular weight excluding hydrogens is 436 g/mol. The minimum Gasteiger partial charge on any atom is -0.478 e. The Morgan fingerprint density at radius 1 is 1.14 bits per heavy atom. The van der Waals surface area contributed by atoms with Crippen LogP contribution in [-0.2, 0) is 9.59 Å². The second kappa shape index (κ2) is 8.43. The predicted molar refractivity (Wildman–Crippen MR) is 140 cm³/mol. The first-order valence-electron chi connectivity index (χ1n) is 13.7. The molecule has 7 unspecified atom stereocenters. The third-order valence-electron chi connectivity index (χ3n) is 11.6. The van der Waals surface area contributed by atoms with E-state index in [9.17, 15) is 19.8 Å². The molecule has 2 N–H and O–H groups in total. The molecule has 0 aromatic carbocycles. The first-order chi connectivity index (χ1) is 16.1. The van der Waals surface area contributed by atoms with Crippen LogP contribution < -0.4 is 0 Å². The number of aliphatic hydroxyl groups is 1. The van der Waals surface area contributed by atoms with Gasteiger partial charge in [0.25, 0.3) is 0 Å². The first kappa shape index (κ1) is 26.4. The van der Waals surface area contributed by atoms with Crippen LogP contribution in [0, 0.1) is 39.4 Å². The largest absolute Gasteiger partial charge is 0.478 e. The third-order valence-corrected chi connectivity index (χ3v) is 11.6. The normalized spacial score (nSPS) is 41.8. The van der Waals surface area contributed by atoms with Crippen LogP contribution in [0.15, 0.2) is 34.9 Å². The molecule has 2 saturated carbocycles. The van der Waals surface area contributed by atoms with Gasteiger partial charge in [-0.2, -0.15) is 0 Å². The van der Waals surface area contributed by atoms with E-state index in [1.807, 2.05) is 6.08 Å². The van der Waals surface area contributed by atoms with Crippen LogP contribution in [0.25, 0.3) is 0 Å². The number of carboxylic acid groups (broad SMARTS) is 1. The smallest absolute Gasteiger partial charge is 0.330 e. The van der Waals surface area contributed by atoms with Crippen molar-refractivity contribution in [2.24, 2.45) is 39.4 Å². The quantitative estimate of drug-likeness (QED) is 0.418. The zero-order valence-corrected chi connectivity index (χ0v) is 23.0. The Bertz CT molecular complexity index is 1020. The minimum atomic E-state index is -0.845. The van der Waals surface area contributed by atoms with Gasteiger partial charge < -0.3 is 10.2 Å². The van der Waals surface area contributed by atoms with Gasteiger partial charge in [-0.15, -0.1) is 0 Å². The van der Waals surface area contributed by atoms with E-state index >= 15 is 0 Å². The maximum Gasteiger partial charge on any atom is 0.330 e. The number of ketones is 1. The Morgan fingerprint density at radius 3 is 2.43 bits per heavy atom. The number of carboxylic acids is 1. The molecule has 0 aromatic heterocycles. The van der Waals surface area contributed by atoms with E-state index in [0.29, 0.717) is 23.8 Å². The van der Waals surface area contributed by atoms with Crippen LogP contribution in [0.4, 0.5) is 0 Å². The van der Waals surface area contributed by atoms with Crippen molar-refractivity contribution in [1.82, 2.24) is 0 Å². The Hall–Kier alpha value is -1.68. The number of rotatable bonds is 5. The zero-order chi connectivity index (χ0) is 26.1. The van der Waals surface area contributed by atoms with E-state index in [1.165, 1.54) is 5.57 Å². The van der Waals surface area contributed by atoms with Crippen molar-refractivity contribution < 1.29 is 19.8 Å². The fourth-order valence-electron chi connectivity index (χ4n) is 9.19. The SMILES string of the molecule is C=C1CC2(C)C(C(C)CCC=C(C)C(=O)O)CCC2(C)C2=C1C1(C)CCC(O)C(C)(C)C1CC2=O. The molecule has 0 aliphatic heterocycles. The Balaban J connectivity index is 1.71. The summed E-state index contributed by atoms with van der Waals surface area (Å²) < 4.78 is 0. The van der Waals surface area contributed by atoms with Gasteiger partial charge in [0.2, 0.25) is 0 Å². The van der Waals surface area contributed by atoms with Crippen molar-refractivity contribution in [1.29, 1.82) is 0 Å². The molecule has 0 amide bonds. The van der Waals surface area contributed by atoms with Gasteiger partial charge in [-0.3, -0.25) is 4.79 Å². The van der Waals surface area contributed by atoms with Gasteiger partial charge in [-0.1, -0.05) is 59.8 Å². The van der Waals surface area contributed by atoms with Crippen LogP contribution in [0.1, 0.15) is 99.8 Å². The Labute approximate surface area is 212 Å². The van der Waals surface area contributed by atoms with Crippen molar-refractivity contribution in [2.45, 2.75) is 106 Å². The number of carbonyl (C=O) groups is 2. The van der Waals surface area contributed by atoms with Gasteiger partial charge in [0.1, 0.15) is 0 Å². The lowest BCUT2D eigenvalue weighted by Crippen LogP contribution is -2.57. The summed E-state index contributed by atoms with van der Waals surface area (Å²) in [5, 5.41) is 20.0. The highest BCUT2D eigenvalue weighted by Crippen LogP contribution is 2.72. The second-order valence-electron chi connectivity index (χ2n) is 13.6. The third kappa shape index (κ3) is 3.64. The van der Waals surface area contributed by atoms with Crippen molar-refractivity contribution in [3.8, 4) is 0 Å². The molecule has 0 aromatic rings. The number of carbonyl (C=O) groups excluding carboxylic acids is 1. The van der Waals surface area contributed by atoms with E-state index in [4.69, 9.17) is 0 Å². The summed E-state index contributed by atoms with van der Waals surface area (Å²) in [7, 11) is 0. The summed E-state index contributed by atoms with van der Waals surface area (Å²) in [4.78, 5) is 25.2. The maximum absolute atomic E-state index is 14.0. The minimum absolute atomic E-state index is 0.0313. The summed E-state index contributed by atoms with van der Waals surface area (Å²) in [5.74, 6) is 0.491. The molecule has 194 valence electrons. The molecule has 0 bridgehead atoms. The van der Waals surface area contributed by atoms with E-state index in [2.05, 4.69) is 48.1 Å². The number of aliphatic hydroxyl groups excluding tert-OH is 1. The standard InChI is InChI=1S/C31H46O4/c1-18(10-9-11-19(2)27(34)35)21-12-15-30(7)26-22(32)16-23-28(4,5)24(33)13-14-29(23,6)25(26)20(3)17-31(21,30)8/h11,18,21,23-24,33H,3,9-10,12-17H2,1-2,4-8H3,(H,34,35). The van der Waals surface area contributed by atoms with Crippen molar-refractivity contribution >= 4 is 11.8 Å². The average molecular weight is 483 g/mol. The molecule has 2 fully saturated rings. The Kier molecular flexibility index (Phi) is 6.36. The molecule has 4 nitrogen and oxygen atoms in total. The first-order valence-corrected chi connectivity index (χ1v) is 13.7. The van der Waals surface area contributed by atoms with E-state index in [-0.39, 0.29) is 39.5 Å². The topological polar surface area (TPSA) is 74.6 Å². The van der Waals surface area contributed by atoms with Gasteiger partial charge in [-0.05, 0) is 91.4 Å². The molecule has 0 radical (unpaired) electrons. The number of hydrogen-bond acceptors (Lipinski definition) is 3. The fraction of sp³-hybridized carbons (Fsp3) is 0.742. The molecule has 4 aliphatic carbocycles. The van der Waals surface area contributed by atoms with Crippen LogP contribution in [0.3, 0.4) is 0 Å². The average Bonchev–Trinajstić information content (AvgIpc) is 3.03. The fourth-order valence-corrected chi connectivity index (χ4v) is 9.19. The highest BCUT2D eigenvalue weighted by molar-refractivity contribution is 6.00. The summed E-state index contributed by atoms with van der Waals surface area (Å²) in [5.41, 5.74) is 3.26. The summed E-state index contributed by atoms with van der Waals surface area (Å²) in [6.45, 7) is 20.0. The van der Waals surface area contributed by atoms with Gasteiger partial charge in [0, 0.05) is 23.0 Å². The maximum atomic E-state index is 14.0. The van der Waals surface area contributed by atoms with E-state index < -0.39 is 5.97 Å². The summed E-state index contributed by atoms with van der Waals surface area (Å²) in [6.07, 6.45) is 8.45. The lowest BCUT2D eigenvalue weighted by Gasteiger charge is -2.61. The van der Waals surface area contributed by atoms with Crippen LogP contribution in [0.2, 0.25) is 0 Å². The summed E-state index contributed by atoms with van der Waals surface area (Å²) in [6, 6.07) is 0.